The largest absolute Gasteiger partial charge is 0.461 e. The van der Waals surface area contributed by atoms with Gasteiger partial charge in [-0.3, -0.25) is 9.59 Å². The highest BCUT2D eigenvalue weighted by Crippen LogP contribution is 2.35. The van der Waals surface area contributed by atoms with Gasteiger partial charge in [0.05, 0.1) is 12.8 Å². The molecule has 0 aliphatic heterocycles. The molecule has 0 aromatic heterocycles. The average molecular weight is 416 g/mol. The van der Waals surface area contributed by atoms with Crippen molar-refractivity contribution < 1.29 is 41.0 Å². The van der Waals surface area contributed by atoms with E-state index in [1.165, 1.54) is 32.1 Å². The van der Waals surface area contributed by atoms with Crippen LogP contribution in [0.5, 0.6) is 0 Å². The van der Waals surface area contributed by atoms with Crippen LogP contribution in [-0.4, -0.2) is 37.3 Å². The minimum Gasteiger partial charge on any atom is -0.461 e. The lowest BCUT2D eigenvalue weighted by molar-refractivity contribution is -0.294. The predicted molar refractivity (Wildman–Crippen MR) is 93.9 cm³/mol. The van der Waals surface area contributed by atoms with E-state index >= 15 is 0 Å². The van der Waals surface area contributed by atoms with Crippen molar-refractivity contribution in [3.63, 3.8) is 0 Å². The molecule has 28 heavy (non-hydrogen) atoms. The number of carbonyl (C=O) groups is 2. The topological polar surface area (TPSA) is 52.6 Å². The number of hydrogen-bond donors (Lipinski definition) is 0. The maximum atomic E-state index is 12.6. The summed E-state index contributed by atoms with van der Waals surface area (Å²) in [4.78, 5) is 22.5. The van der Waals surface area contributed by atoms with Gasteiger partial charge >= 0.3 is 24.0 Å². The van der Waals surface area contributed by atoms with Gasteiger partial charge in [-0.15, -0.1) is 0 Å². The molecule has 164 valence electrons. The molecule has 0 aliphatic rings. The second-order valence-electron chi connectivity index (χ2n) is 6.43. The zero-order valence-electron chi connectivity index (χ0n) is 16.2. The molecule has 0 amide bonds. The smallest absolute Gasteiger partial charge is 0.456 e. The molecular formula is C19H29F5O4. The molecule has 0 aliphatic carbocycles. The van der Waals surface area contributed by atoms with E-state index in [1.54, 1.807) is 6.08 Å². The first kappa shape index (κ1) is 26.3. The lowest BCUT2D eigenvalue weighted by atomic mass is 10.1. The Morgan fingerprint density at radius 2 is 1.32 bits per heavy atom. The SMILES string of the molecule is CCCCCCCCC/C=C/COC(=O)CCC(=O)OCC(F)(F)C(F)(F)F. The standard InChI is InChI=1S/C19H29F5O4/c1-2-3-4-5-6-7-8-9-10-11-14-27-16(25)12-13-17(26)28-15-18(20,21)19(22,23)24/h10-11H,2-9,12-15H2,1H3/b11-10+. The van der Waals surface area contributed by atoms with Crippen LogP contribution in [0.1, 0.15) is 71.1 Å². The third kappa shape index (κ3) is 13.5. The van der Waals surface area contributed by atoms with Crippen LogP contribution >= 0.6 is 0 Å². The van der Waals surface area contributed by atoms with Crippen LogP contribution in [0.3, 0.4) is 0 Å². The van der Waals surface area contributed by atoms with Crippen molar-refractivity contribution in [2.75, 3.05) is 13.2 Å². The number of rotatable bonds is 15. The molecule has 0 aromatic rings. The Kier molecular flexibility index (Phi) is 13.5. The van der Waals surface area contributed by atoms with E-state index in [0.29, 0.717) is 0 Å². The van der Waals surface area contributed by atoms with Crippen LogP contribution in [0.25, 0.3) is 0 Å². The fourth-order valence-corrected chi connectivity index (χ4v) is 2.15. The molecule has 0 rings (SSSR count). The van der Waals surface area contributed by atoms with E-state index in [0.717, 1.165) is 19.3 Å². The zero-order valence-corrected chi connectivity index (χ0v) is 16.2. The van der Waals surface area contributed by atoms with E-state index in [2.05, 4.69) is 11.7 Å². The summed E-state index contributed by atoms with van der Waals surface area (Å²) in [5.41, 5.74) is 0. The minimum atomic E-state index is -5.80. The molecule has 0 spiro atoms. The van der Waals surface area contributed by atoms with Crippen LogP contribution in [0.15, 0.2) is 12.2 Å². The van der Waals surface area contributed by atoms with Gasteiger partial charge in [0, 0.05) is 0 Å². The summed E-state index contributed by atoms with van der Waals surface area (Å²) < 4.78 is 69.5. The van der Waals surface area contributed by atoms with Crippen molar-refractivity contribution in [2.24, 2.45) is 0 Å². The molecule has 9 heteroatoms. The normalized spacial score (nSPS) is 12.4. The fourth-order valence-electron chi connectivity index (χ4n) is 2.15. The zero-order chi connectivity index (χ0) is 21.5. The highest BCUT2D eigenvalue weighted by Gasteiger charge is 2.58. The summed E-state index contributed by atoms with van der Waals surface area (Å²) in [6.45, 7) is 0.0748. The summed E-state index contributed by atoms with van der Waals surface area (Å²) in [5.74, 6) is -7.21. The second kappa shape index (κ2) is 14.3. The Morgan fingerprint density at radius 1 is 0.786 bits per heavy atom. The first-order valence-corrected chi connectivity index (χ1v) is 9.51. The maximum absolute atomic E-state index is 12.6. The van der Waals surface area contributed by atoms with Crippen LogP contribution in [-0.2, 0) is 19.1 Å². The number of carbonyl (C=O) groups excluding carboxylic acids is 2. The predicted octanol–water partition coefficient (Wildman–Crippen LogP) is 5.75. The number of hydrogen-bond acceptors (Lipinski definition) is 4. The third-order valence-corrected chi connectivity index (χ3v) is 3.84. The molecule has 0 saturated carbocycles. The van der Waals surface area contributed by atoms with Crippen LogP contribution in [0.2, 0.25) is 0 Å². The highest BCUT2D eigenvalue weighted by molar-refractivity contribution is 5.77. The number of ether oxygens (including phenoxy) is 2. The van der Waals surface area contributed by atoms with Gasteiger partial charge in [0.25, 0.3) is 0 Å². The summed E-state index contributed by atoms with van der Waals surface area (Å²) in [6, 6.07) is 0. The summed E-state index contributed by atoms with van der Waals surface area (Å²) in [7, 11) is 0. The molecule has 0 N–H and O–H groups in total. The highest BCUT2D eigenvalue weighted by atomic mass is 19.4. The van der Waals surface area contributed by atoms with E-state index in [9.17, 15) is 31.5 Å². The van der Waals surface area contributed by atoms with Crippen molar-refractivity contribution >= 4 is 11.9 Å². The van der Waals surface area contributed by atoms with Crippen LogP contribution in [0, 0.1) is 0 Å². The molecule has 0 bridgehead atoms. The van der Waals surface area contributed by atoms with Crippen molar-refractivity contribution in [3.8, 4) is 0 Å². The lowest BCUT2D eigenvalue weighted by Gasteiger charge is -2.18. The van der Waals surface area contributed by atoms with Gasteiger partial charge in [0.1, 0.15) is 6.61 Å². The average Bonchev–Trinajstić information content (AvgIpc) is 2.61. The van der Waals surface area contributed by atoms with E-state index < -0.39 is 43.5 Å². The van der Waals surface area contributed by atoms with Gasteiger partial charge in [-0.05, 0) is 12.8 Å². The summed E-state index contributed by atoms with van der Waals surface area (Å²) in [6.07, 6.45) is 5.91. The number of unbranched alkanes of at least 4 members (excludes halogenated alkanes) is 7. The van der Waals surface area contributed by atoms with Gasteiger partial charge in [-0.1, -0.05) is 57.6 Å². The van der Waals surface area contributed by atoms with E-state index in [1.807, 2.05) is 6.08 Å². The van der Waals surface area contributed by atoms with Crippen LogP contribution < -0.4 is 0 Å². The first-order valence-electron chi connectivity index (χ1n) is 9.51. The number of halogens is 5. The van der Waals surface area contributed by atoms with Gasteiger partial charge < -0.3 is 9.47 Å². The van der Waals surface area contributed by atoms with Crippen molar-refractivity contribution in [2.45, 2.75) is 83.2 Å². The Balaban J connectivity index is 3.70. The Bertz CT molecular complexity index is 475. The quantitative estimate of drug-likeness (QED) is 0.148. The summed E-state index contributed by atoms with van der Waals surface area (Å²) in [5, 5.41) is 0. The number of allylic oxidation sites excluding steroid dienone is 1. The van der Waals surface area contributed by atoms with E-state index in [-0.39, 0.29) is 6.61 Å². The monoisotopic (exact) mass is 416 g/mol. The van der Waals surface area contributed by atoms with Gasteiger partial charge in [-0.2, -0.15) is 22.0 Å². The number of alkyl halides is 5. The molecule has 4 nitrogen and oxygen atoms in total. The van der Waals surface area contributed by atoms with Crippen molar-refractivity contribution in [1.29, 1.82) is 0 Å². The van der Waals surface area contributed by atoms with Gasteiger partial charge in [0.2, 0.25) is 0 Å². The Labute approximate surface area is 162 Å². The van der Waals surface area contributed by atoms with Crippen molar-refractivity contribution in [3.05, 3.63) is 12.2 Å². The second-order valence-corrected chi connectivity index (χ2v) is 6.43. The molecule has 0 radical (unpaired) electrons. The van der Waals surface area contributed by atoms with Crippen LogP contribution in [0.4, 0.5) is 22.0 Å². The first-order chi connectivity index (χ1) is 13.1. The number of esters is 2. The maximum Gasteiger partial charge on any atom is 0.456 e. The Hall–Kier alpha value is -1.67. The third-order valence-electron chi connectivity index (χ3n) is 3.84. The summed E-state index contributed by atoms with van der Waals surface area (Å²) >= 11 is 0. The van der Waals surface area contributed by atoms with Crippen molar-refractivity contribution in [1.82, 2.24) is 0 Å². The molecule has 0 atom stereocenters. The molecule has 0 unspecified atom stereocenters. The Morgan fingerprint density at radius 3 is 1.89 bits per heavy atom. The molecule has 0 aromatic carbocycles. The fraction of sp³-hybridized carbons (Fsp3) is 0.789. The molecular weight excluding hydrogens is 387 g/mol. The minimum absolute atomic E-state index is 0.0104. The van der Waals surface area contributed by atoms with Gasteiger partial charge in [-0.25, -0.2) is 0 Å². The van der Waals surface area contributed by atoms with Gasteiger partial charge in [0.15, 0.2) is 6.61 Å². The molecule has 0 heterocycles. The molecule has 0 fully saturated rings. The van der Waals surface area contributed by atoms with E-state index in [4.69, 9.17) is 4.74 Å². The lowest BCUT2D eigenvalue weighted by Crippen LogP contribution is -2.41. The molecule has 0 saturated heterocycles.